The first-order valence-electron chi connectivity index (χ1n) is 7.53. The molecule has 0 N–H and O–H groups in total. The molecule has 24 heavy (non-hydrogen) atoms. The maximum Gasteiger partial charge on any atom is 0.263 e. The summed E-state index contributed by atoms with van der Waals surface area (Å²) < 4.78 is 13.3. The third kappa shape index (κ3) is 3.41. The second-order valence-corrected chi connectivity index (χ2v) is 5.35. The zero-order chi connectivity index (χ0) is 16.9. The lowest BCUT2D eigenvalue weighted by molar-refractivity contribution is -0.129. The van der Waals surface area contributed by atoms with Crippen LogP contribution in [-0.4, -0.2) is 29.7 Å². The van der Waals surface area contributed by atoms with Gasteiger partial charge in [0.05, 0.1) is 17.9 Å². The van der Waals surface area contributed by atoms with Crippen molar-refractivity contribution in [2.75, 3.05) is 18.0 Å². The Balaban J connectivity index is 1.71. The smallest absolute Gasteiger partial charge is 0.263 e. The molecule has 120 valence electrons. The van der Waals surface area contributed by atoms with Crippen LogP contribution in [0.15, 0.2) is 59.7 Å². The molecule has 1 amide bonds. The lowest BCUT2D eigenvalue weighted by atomic mass is 10.1. The molecular formula is C18H15FN4O. The highest BCUT2D eigenvalue weighted by molar-refractivity contribution is 6.02. The number of anilines is 1. The molecule has 2 aromatic rings. The number of nitrogens with zero attached hydrogens (tertiary/aromatic N) is 4. The number of hydrogen-bond donors (Lipinski definition) is 0. The number of hydrazone groups is 1. The summed E-state index contributed by atoms with van der Waals surface area (Å²) in [5.41, 5.74) is 2.17. The summed E-state index contributed by atoms with van der Waals surface area (Å²) in [4.78, 5) is 13.5. The molecule has 1 aliphatic heterocycles. The van der Waals surface area contributed by atoms with Crippen LogP contribution >= 0.6 is 0 Å². The monoisotopic (exact) mass is 322 g/mol. The topological polar surface area (TPSA) is 59.7 Å². The Morgan fingerprint density at radius 3 is 2.75 bits per heavy atom. The van der Waals surface area contributed by atoms with Crippen LogP contribution in [0.4, 0.5) is 10.1 Å². The summed E-state index contributed by atoms with van der Waals surface area (Å²) in [6.45, 7) is 0.303. The van der Waals surface area contributed by atoms with E-state index in [0.717, 1.165) is 16.2 Å². The van der Waals surface area contributed by atoms with Gasteiger partial charge in [0.25, 0.3) is 5.91 Å². The molecule has 0 bridgehead atoms. The Bertz CT molecular complexity index is 813. The Labute approximate surface area is 139 Å². The minimum Gasteiger partial charge on any atom is -0.271 e. The summed E-state index contributed by atoms with van der Waals surface area (Å²) in [6, 6.07) is 15.3. The van der Waals surface area contributed by atoms with Crippen LogP contribution in [-0.2, 0) is 4.79 Å². The third-order valence-corrected chi connectivity index (χ3v) is 3.73. The number of rotatable bonds is 4. The minimum atomic E-state index is -0.453. The van der Waals surface area contributed by atoms with E-state index in [2.05, 4.69) is 5.10 Å². The molecule has 1 heterocycles. The molecule has 6 heteroatoms. The van der Waals surface area contributed by atoms with E-state index in [1.807, 2.05) is 36.5 Å². The molecule has 0 saturated heterocycles. The van der Waals surface area contributed by atoms with Crippen LogP contribution in [0.5, 0.6) is 0 Å². The zero-order valence-electron chi connectivity index (χ0n) is 12.9. The fourth-order valence-electron chi connectivity index (χ4n) is 2.52. The van der Waals surface area contributed by atoms with Gasteiger partial charge in [-0.05, 0) is 23.8 Å². The van der Waals surface area contributed by atoms with Gasteiger partial charge in [-0.25, -0.2) is 9.40 Å². The van der Waals surface area contributed by atoms with Crippen LogP contribution in [0.1, 0.15) is 12.0 Å². The van der Waals surface area contributed by atoms with Crippen molar-refractivity contribution in [1.82, 2.24) is 5.01 Å². The molecule has 3 rings (SSSR count). The fourth-order valence-corrected chi connectivity index (χ4v) is 2.52. The third-order valence-electron chi connectivity index (χ3n) is 3.73. The molecule has 0 radical (unpaired) electrons. The Kier molecular flexibility index (Phi) is 4.52. The quantitative estimate of drug-likeness (QED) is 0.642. The standard InChI is InChI=1S/C18H15FN4O/c19-15-7-4-8-16(11-15)22(13-20)12-18(24)23-10-9-17(21-23)14-5-2-1-3-6-14/h1-8,11H,9-10,12H2. The molecule has 0 fully saturated rings. The first kappa shape index (κ1) is 15.7. The summed E-state index contributed by atoms with van der Waals surface area (Å²) in [6.07, 6.45) is 2.58. The number of carbonyl (C=O) groups is 1. The van der Waals surface area contributed by atoms with Gasteiger partial charge in [-0.15, -0.1) is 0 Å². The van der Waals surface area contributed by atoms with Gasteiger partial charge in [0.15, 0.2) is 6.19 Å². The molecule has 5 nitrogen and oxygen atoms in total. The van der Waals surface area contributed by atoms with Crippen molar-refractivity contribution in [3.8, 4) is 6.19 Å². The molecular weight excluding hydrogens is 307 g/mol. The fraction of sp³-hybridized carbons (Fsp3) is 0.167. The van der Waals surface area contributed by atoms with Crippen LogP contribution < -0.4 is 4.90 Å². The first-order chi connectivity index (χ1) is 11.7. The molecule has 0 aliphatic carbocycles. The number of nitriles is 1. The van der Waals surface area contributed by atoms with Gasteiger partial charge in [-0.1, -0.05) is 36.4 Å². The van der Waals surface area contributed by atoms with E-state index in [4.69, 9.17) is 0 Å². The molecule has 0 unspecified atom stereocenters. The van der Waals surface area contributed by atoms with E-state index in [0.29, 0.717) is 18.7 Å². The number of amides is 1. The maximum absolute atomic E-state index is 13.3. The van der Waals surface area contributed by atoms with Gasteiger partial charge < -0.3 is 0 Å². The van der Waals surface area contributed by atoms with E-state index in [-0.39, 0.29) is 12.5 Å². The average Bonchev–Trinajstić information content (AvgIpc) is 3.10. The summed E-state index contributed by atoms with van der Waals surface area (Å²) in [5.74, 6) is -0.752. The largest absolute Gasteiger partial charge is 0.271 e. The van der Waals surface area contributed by atoms with Crippen LogP contribution in [0.2, 0.25) is 0 Å². The normalized spacial score (nSPS) is 13.3. The van der Waals surface area contributed by atoms with Crippen molar-refractivity contribution in [1.29, 1.82) is 5.26 Å². The van der Waals surface area contributed by atoms with Crippen molar-refractivity contribution in [2.24, 2.45) is 5.10 Å². The molecule has 0 aromatic heterocycles. The number of halogens is 1. The molecule has 0 atom stereocenters. The van der Waals surface area contributed by atoms with Crippen LogP contribution in [0.3, 0.4) is 0 Å². The van der Waals surface area contributed by atoms with Gasteiger partial charge in [0, 0.05) is 6.42 Å². The summed E-state index contributed by atoms with van der Waals surface area (Å²) in [5, 5.41) is 15.0. The first-order valence-corrected chi connectivity index (χ1v) is 7.53. The average molecular weight is 322 g/mol. The van der Waals surface area contributed by atoms with E-state index < -0.39 is 5.82 Å². The molecule has 2 aromatic carbocycles. The SMILES string of the molecule is N#CN(CC(=O)N1CCC(c2ccccc2)=N1)c1cccc(F)c1. The number of hydrogen-bond acceptors (Lipinski definition) is 4. The van der Waals surface area contributed by atoms with Crippen molar-refractivity contribution >= 4 is 17.3 Å². The predicted molar refractivity (Wildman–Crippen MR) is 88.7 cm³/mol. The molecule has 1 aliphatic rings. The maximum atomic E-state index is 13.3. The van der Waals surface area contributed by atoms with Gasteiger partial charge in [0.1, 0.15) is 12.4 Å². The van der Waals surface area contributed by atoms with E-state index in [9.17, 15) is 14.4 Å². The number of carbonyl (C=O) groups excluding carboxylic acids is 1. The van der Waals surface area contributed by atoms with Crippen LogP contribution in [0, 0.1) is 17.3 Å². The highest BCUT2D eigenvalue weighted by atomic mass is 19.1. The highest BCUT2D eigenvalue weighted by Crippen LogP contribution is 2.17. The van der Waals surface area contributed by atoms with Gasteiger partial charge in [-0.3, -0.25) is 9.69 Å². The van der Waals surface area contributed by atoms with Crippen molar-refractivity contribution in [2.45, 2.75) is 6.42 Å². The van der Waals surface area contributed by atoms with Gasteiger partial charge in [-0.2, -0.15) is 10.4 Å². The molecule has 0 saturated carbocycles. The second kappa shape index (κ2) is 6.92. The van der Waals surface area contributed by atoms with E-state index >= 15 is 0 Å². The number of benzene rings is 2. The highest BCUT2D eigenvalue weighted by Gasteiger charge is 2.23. The Morgan fingerprint density at radius 1 is 1.25 bits per heavy atom. The van der Waals surface area contributed by atoms with Crippen molar-refractivity contribution < 1.29 is 9.18 Å². The van der Waals surface area contributed by atoms with E-state index in [1.54, 1.807) is 6.07 Å². The lowest BCUT2D eigenvalue weighted by Crippen LogP contribution is -2.34. The van der Waals surface area contributed by atoms with Crippen LogP contribution in [0.25, 0.3) is 0 Å². The lowest BCUT2D eigenvalue weighted by Gasteiger charge is -2.18. The second-order valence-electron chi connectivity index (χ2n) is 5.35. The van der Waals surface area contributed by atoms with E-state index in [1.165, 1.54) is 23.2 Å². The summed E-state index contributed by atoms with van der Waals surface area (Å²) in [7, 11) is 0. The predicted octanol–water partition coefficient (Wildman–Crippen LogP) is 2.75. The Morgan fingerprint density at radius 2 is 2.04 bits per heavy atom. The van der Waals surface area contributed by atoms with Crippen molar-refractivity contribution in [3.05, 3.63) is 66.0 Å². The van der Waals surface area contributed by atoms with Gasteiger partial charge in [0.2, 0.25) is 0 Å². The Hall–Kier alpha value is -3.20. The summed E-state index contributed by atoms with van der Waals surface area (Å²) >= 11 is 0. The van der Waals surface area contributed by atoms with Crippen molar-refractivity contribution in [3.63, 3.8) is 0 Å². The zero-order valence-corrected chi connectivity index (χ0v) is 12.9. The molecule has 0 spiro atoms. The minimum absolute atomic E-state index is 0.175. The van der Waals surface area contributed by atoms with Gasteiger partial charge >= 0.3 is 0 Å².